The van der Waals surface area contributed by atoms with Crippen LogP contribution in [0.4, 0.5) is 5.69 Å². The minimum absolute atomic E-state index is 0.00266. The SMILES string of the molecule is COc1ccc2c(c1)C(CC(=O)c1ccc(NC(=O)CCC(C)C)cc1)=NC(C)(C)C2. The second kappa shape index (κ2) is 9.46. The van der Waals surface area contributed by atoms with Crippen molar-refractivity contribution in [1.29, 1.82) is 0 Å². The van der Waals surface area contributed by atoms with Crippen LogP contribution in [0.5, 0.6) is 5.75 Å². The third-order valence-corrected chi connectivity index (χ3v) is 5.46. The first-order chi connectivity index (χ1) is 14.7. The zero-order valence-electron chi connectivity index (χ0n) is 19.1. The largest absolute Gasteiger partial charge is 0.497 e. The number of nitrogens with zero attached hydrogens (tertiary/aromatic N) is 1. The highest BCUT2D eigenvalue weighted by Gasteiger charge is 2.28. The van der Waals surface area contributed by atoms with E-state index in [0.29, 0.717) is 23.6 Å². The number of hydrogen-bond acceptors (Lipinski definition) is 4. The average molecular weight is 421 g/mol. The molecule has 3 rings (SSSR count). The Bertz CT molecular complexity index is 988. The molecule has 2 aromatic rings. The molecule has 0 saturated heterocycles. The molecule has 0 saturated carbocycles. The number of ether oxygens (including phenoxy) is 1. The first kappa shape index (κ1) is 22.7. The number of aliphatic imine (C=N–C) groups is 1. The van der Waals surface area contributed by atoms with Crippen LogP contribution in [-0.2, 0) is 11.2 Å². The van der Waals surface area contributed by atoms with Crippen molar-refractivity contribution in [2.45, 2.75) is 58.9 Å². The van der Waals surface area contributed by atoms with Gasteiger partial charge in [-0.15, -0.1) is 0 Å². The molecule has 1 heterocycles. The quantitative estimate of drug-likeness (QED) is 0.576. The Labute approximate surface area is 184 Å². The summed E-state index contributed by atoms with van der Waals surface area (Å²) in [5.74, 6) is 1.25. The van der Waals surface area contributed by atoms with Gasteiger partial charge in [-0.3, -0.25) is 14.6 Å². The topological polar surface area (TPSA) is 67.8 Å². The summed E-state index contributed by atoms with van der Waals surface area (Å²) in [6, 6.07) is 13.1. The van der Waals surface area contributed by atoms with Gasteiger partial charge < -0.3 is 10.1 Å². The Morgan fingerprint density at radius 3 is 2.48 bits per heavy atom. The number of Topliss-reactive ketones (excluding diaryl/α,β-unsaturated/α-hetero) is 1. The highest BCUT2D eigenvalue weighted by atomic mass is 16.5. The summed E-state index contributed by atoms with van der Waals surface area (Å²) in [6.07, 6.45) is 2.41. The van der Waals surface area contributed by atoms with Gasteiger partial charge in [-0.2, -0.15) is 0 Å². The maximum absolute atomic E-state index is 13.0. The molecule has 5 nitrogen and oxygen atoms in total. The van der Waals surface area contributed by atoms with Crippen LogP contribution in [0.3, 0.4) is 0 Å². The number of carbonyl (C=O) groups is 2. The van der Waals surface area contributed by atoms with Gasteiger partial charge in [0.1, 0.15) is 5.75 Å². The first-order valence-electron chi connectivity index (χ1n) is 10.9. The van der Waals surface area contributed by atoms with Gasteiger partial charge in [-0.05, 0) is 74.6 Å². The van der Waals surface area contributed by atoms with Gasteiger partial charge in [0.05, 0.1) is 24.8 Å². The number of rotatable bonds is 8. The standard InChI is InChI=1S/C26H32N2O3/c1-17(2)6-13-25(30)27-20-10-7-18(8-11-20)24(29)15-23-22-14-21(31-5)12-9-19(22)16-26(3,4)28-23/h7-12,14,17H,6,13,15-16H2,1-5H3,(H,27,30). The van der Waals surface area contributed by atoms with E-state index in [-0.39, 0.29) is 23.7 Å². The van der Waals surface area contributed by atoms with Crippen molar-refractivity contribution in [2.75, 3.05) is 12.4 Å². The zero-order valence-corrected chi connectivity index (χ0v) is 19.1. The summed E-state index contributed by atoms with van der Waals surface area (Å²) < 4.78 is 5.37. The van der Waals surface area contributed by atoms with E-state index in [1.54, 1.807) is 31.4 Å². The molecule has 1 aliphatic heterocycles. The Morgan fingerprint density at radius 1 is 1.13 bits per heavy atom. The minimum atomic E-state index is -0.249. The smallest absolute Gasteiger partial charge is 0.224 e. The highest BCUT2D eigenvalue weighted by molar-refractivity contribution is 6.17. The van der Waals surface area contributed by atoms with Crippen LogP contribution in [-0.4, -0.2) is 30.1 Å². The third-order valence-electron chi connectivity index (χ3n) is 5.46. The van der Waals surface area contributed by atoms with Crippen molar-refractivity contribution in [1.82, 2.24) is 0 Å². The lowest BCUT2D eigenvalue weighted by atomic mass is 9.85. The molecule has 31 heavy (non-hydrogen) atoms. The number of benzene rings is 2. The zero-order chi connectivity index (χ0) is 22.6. The van der Waals surface area contributed by atoms with Crippen molar-refractivity contribution in [3.8, 4) is 5.75 Å². The summed E-state index contributed by atoms with van der Waals surface area (Å²) in [4.78, 5) is 29.9. The number of ketones is 1. The van der Waals surface area contributed by atoms with Gasteiger partial charge in [0.15, 0.2) is 5.78 Å². The number of amides is 1. The van der Waals surface area contributed by atoms with E-state index in [2.05, 4.69) is 39.1 Å². The predicted octanol–water partition coefficient (Wildman–Crippen LogP) is 5.47. The molecule has 0 radical (unpaired) electrons. The fraction of sp³-hybridized carbons (Fsp3) is 0.423. The number of fused-ring (bicyclic) bond motifs is 1. The fourth-order valence-corrected chi connectivity index (χ4v) is 3.81. The average Bonchev–Trinajstić information content (AvgIpc) is 2.71. The summed E-state index contributed by atoms with van der Waals surface area (Å²) in [5, 5.41) is 2.89. The summed E-state index contributed by atoms with van der Waals surface area (Å²) in [5.41, 5.74) is 4.03. The molecule has 0 aromatic heterocycles. The summed E-state index contributed by atoms with van der Waals surface area (Å²) >= 11 is 0. The van der Waals surface area contributed by atoms with Gasteiger partial charge in [0.25, 0.3) is 0 Å². The van der Waals surface area contributed by atoms with Gasteiger partial charge in [-0.25, -0.2) is 0 Å². The molecule has 0 bridgehead atoms. The molecule has 0 atom stereocenters. The van der Waals surface area contributed by atoms with Gasteiger partial charge in [0.2, 0.25) is 5.91 Å². The van der Waals surface area contributed by atoms with Crippen molar-refractivity contribution >= 4 is 23.1 Å². The van der Waals surface area contributed by atoms with Crippen LogP contribution < -0.4 is 10.1 Å². The van der Waals surface area contributed by atoms with E-state index in [0.717, 1.165) is 29.9 Å². The molecule has 0 unspecified atom stereocenters. The lowest BCUT2D eigenvalue weighted by Crippen LogP contribution is -2.30. The molecule has 0 fully saturated rings. The van der Waals surface area contributed by atoms with Crippen LogP contribution in [0.15, 0.2) is 47.5 Å². The maximum Gasteiger partial charge on any atom is 0.224 e. The molecule has 1 aliphatic rings. The van der Waals surface area contributed by atoms with Gasteiger partial charge >= 0.3 is 0 Å². The first-order valence-corrected chi connectivity index (χ1v) is 10.9. The number of carbonyl (C=O) groups excluding carboxylic acids is 2. The molecular weight excluding hydrogens is 388 g/mol. The Kier molecular flexibility index (Phi) is 6.94. The van der Waals surface area contributed by atoms with Crippen LogP contribution in [0.1, 0.15) is 68.4 Å². The molecule has 0 aliphatic carbocycles. The summed E-state index contributed by atoms with van der Waals surface area (Å²) in [7, 11) is 1.64. The normalized spacial score (nSPS) is 14.6. The van der Waals surface area contributed by atoms with Crippen molar-refractivity contribution < 1.29 is 14.3 Å². The number of hydrogen-bond donors (Lipinski definition) is 1. The number of anilines is 1. The van der Waals surface area contributed by atoms with E-state index in [9.17, 15) is 9.59 Å². The summed E-state index contributed by atoms with van der Waals surface area (Å²) in [6.45, 7) is 8.36. The second-order valence-corrected chi connectivity index (χ2v) is 9.23. The fourth-order valence-electron chi connectivity index (χ4n) is 3.81. The van der Waals surface area contributed by atoms with Crippen LogP contribution in [0.25, 0.3) is 0 Å². The highest BCUT2D eigenvalue weighted by Crippen LogP contribution is 2.31. The van der Waals surface area contributed by atoms with Crippen LogP contribution in [0, 0.1) is 5.92 Å². The Hall–Kier alpha value is -2.95. The minimum Gasteiger partial charge on any atom is -0.497 e. The molecular formula is C26H32N2O3. The molecule has 5 heteroatoms. The van der Waals surface area contributed by atoms with E-state index in [4.69, 9.17) is 9.73 Å². The predicted molar refractivity (Wildman–Crippen MR) is 125 cm³/mol. The molecule has 0 spiro atoms. The third kappa shape index (κ3) is 6.03. The van der Waals surface area contributed by atoms with E-state index in [1.165, 1.54) is 5.56 Å². The molecule has 2 aromatic carbocycles. The lowest BCUT2D eigenvalue weighted by Gasteiger charge is -2.29. The Morgan fingerprint density at radius 2 is 1.84 bits per heavy atom. The van der Waals surface area contributed by atoms with Crippen molar-refractivity contribution in [3.63, 3.8) is 0 Å². The maximum atomic E-state index is 13.0. The molecule has 164 valence electrons. The van der Waals surface area contributed by atoms with Crippen molar-refractivity contribution in [2.24, 2.45) is 10.9 Å². The number of nitrogens with one attached hydrogen (secondary N) is 1. The number of methoxy groups -OCH3 is 1. The molecule has 1 N–H and O–H groups in total. The second-order valence-electron chi connectivity index (χ2n) is 9.23. The Balaban J connectivity index is 1.72. The van der Waals surface area contributed by atoms with Gasteiger partial charge in [0, 0.05) is 23.2 Å². The molecule has 1 amide bonds. The van der Waals surface area contributed by atoms with Crippen molar-refractivity contribution in [3.05, 3.63) is 59.2 Å². The van der Waals surface area contributed by atoms with E-state index in [1.807, 2.05) is 12.1 Å². The lowest BCUT2D eigenvalue weighted by molar-refractivity contribution is -0.116. The van der Waals surface area contributed by atoms with E-state index >= 15 is 0 Å². The van der Waals surface area contributed by atoms with Crippen LogP contribution in [0.2, 0.25) is 0 Å². The van der Waals surface area contributed by atoms with Crippen LogP contribution >= 0.6 is 0 Å². The van der Waals surface area contributed by atoms with Gasteiger partial charge in [-0.1, -0.05) is 19.9 Å². The monoisotopic (exact) mass is 420 g/mol. The van der Waals surface area contributed by atoms with E-state index < -0.39 is 0 Å².